The Balaban J connectivity index is 1.34. The molecule has 0 aliphatic rings. The van der Waals surface area contributed by atoms with Gasteiger partial charge in [-0.3, -0.25) is 4.79 Å². The second-order valence-corrected chi connectivity index (χ2v) is 8.43. The van der Waals surface area contributed by atoms with Gasteiger partial charge in [0.05, 0.1) is 13.3 Å². The maximum absolute atomic E-state index is 13.2. The summed E-state index contributed by atoms with van der Waals surface area (Å²) in [6.07, 6.45) is 1.46. The van der Waals surface area contributed by atoms with Crippen molar-refractivity contribution in [3.8, 4) is 28.6 Å². The SMILES string of the molecule is COc1cc(/C=N\NC(=O)c2c(-c3ccccc3)nnn2-c2nonc2N)ccc1OCc1ccccc1Cl. The van der Waals surface area contributed by atoms with Gasteiger partial charge in [-0.2, -0.15) is 9.78 Å². The Kier molecular flexibility index (Phi) is 7.46. The van der Waals surface area contributed by atoms with E-state index in [0.29, 0.717) is 33.3 Å². The van der Waals surface area contributed by atoms with Gasteiger partial charge in [0.2, 0.25) is 11.6 Å². The Bertz CT molecular complexity index is 1630. The van der Waals surface area contributed by atoms with E-state index in [1.807, 2.05) is 36.4 Å². The van der Waals surface area contributed by atoms with Gasteiger partial charge in [-0.15, -0.1) is 5.10 Å². The normalized spacial score (nSPS) is 11.0. The molecule has 0 aliphatic carbocycles. The number of anilines is 1. The smallest absolute Gasteiger partial charge is 0.292 e. The standard InChI is InChI=1S/C26H21ClN8O4/c1-37-21-13-16(11-12-20(21)38-15-18-9-5-6-10-19(18)27)14-29-31-26(36)23-22(17-7-3-2-4-8-17)30-34-35(23)25-24(28)32-39-33-25/h2-14H,15H2,1H3,(H2,28,32)(H,31,36)/b29-14-. The van der Waals surface area contributed by atoms with Crippen LogP contribution in [0.1, 0.15) is 21.6 Å². The number of aromatic nitrogens is 5. The summed E-state index contributed by atoms with van der Waals surface area (Å²) in [5.74, 6) is 0.376. The van der Waals surface area contributed by atoms with E-state index in [1.54, 1.807) is 36.4 Å². The number of benzene rings is 3. The minimum absolute atomic E-state index is 0.0240. The topological polar surface area (TPSA) is 156 Å². The molecule has 0 radical (unpaired) electrons. The number of nitrogens with one attached hydrogen (secondary N) is 1. The summed E-state index contributed by atoms with van der Waals surface area (Å²) < 4.78 is 17.2. The van der Waals surface area contributed by atoms with Crippen LogP contribution >= 0.6 is 11.6 Å². The first kappa shape index (κ1) is 25.4. The number of carbonyl (C=O) groups is 1. The molecule has 0 spiro atoms. The number of halogens is 1. The van der Waals surface area contributed by atoms with Crippen molar-refractivity contribution in [1.29, 1.82) is 0 Å². The van der Waals surface area contributed by atoms with Crippen molar-refractivity contribution < 1.29 is 18.9 Å². The molecule has 0 saturated carbocycles. The lowest BCUT2D eigenvalue weighted by molar-refractivity contribution is 0.0947. The first-order valence-electron chi connectivity index (χ1n) is 11.5. The molecule has 3 aromatic carbocycles. The van der Waals surface area contributed by atoms with Gasteiger partial charge in [-0.05, 0) is 40.1 Å². The van der Waals surface area contributed by atoms with Crippen molar-refractivity contribution in [2.45, 2.75) is 6.61 Å². The minimum Gasteiger partial charge on any atom is -0.493 e. The van der Waals surface area contributed by atoms with Crippen LogP contribution in [-0.2, 0) is 6.61 Å². The van der Waals surface area contributed by atoms with Crippen LogP contribution in [0.5, 0.6) is 11.5 Å². The van der Waals surface area contributed by atoms with E-state index in [2.05, 4.69) is 35.8 Å². The van der Waals surface area contributed by atoms with Gasteiger partial charge in [-0.25, -0.2) is 10.1 Å². The monoisotopic (exact) mass is 544 g/mol. The highest BCUT2D eigenvalue weighted by molar-refractivity contribution is 6.31. The van der Waals surface area contributed by atoms with Crippen molar-refractivity contribution in [3.63, 3.8) is 0 Å². The quantitative estimate of drug-likeness (QED) is 0.207. The summed E-state index contributed by atoms with van der Waals surface area (Å²) in [7, 11) is 1.53. The zero-order chi connectivity index (χ0) is 27.2. The average Bonchev–Trinajstić information content (AvgIpc) is 3.59. The number of carbonyl (C=O) groups excluding carboxylic acids is 1. The van der Waals surface area contributed by atoms with Crippen molar-refractivity contribution in [1.82, 2.24) is 30.7 Å². The molecule has 0 fully saturated rings. The lowest BCUT2D eigenvalue weighted by Gasteiger charge is -2.12. The summed E-state index contributed by atoms with van der Waals surface area (Å²) in [5, 5.41) is 20.2. The van der Waals surface area contributed by atoms with Crippen LogP contribution in [-0.4, -0.2) is 44.5 Å². The number of hydrogen-bond donors (Lipinski definition) is 2. The lowest BCUT2D eigenvalue weighted by atomic mass is 10.1. The minimum atomic E-state index is -0.607. The van der Waals surface area contributed by atoms with E-state index >= 15 is 0 Å². The van der Waals surface area contributed by atoms with Crippen LogP contribution < -0.4 is 20.6 Å². The molecule has 0 bridgehead atoms. The molecule has 2 heterocycles. The van der Waals surface area contributed by atoms with E-state index in [4.69, 9.17) is 26.8 Å². The largest absolute Gasteiger partial charge is 0.493 e. The fraction of sp³-hybridized carbons (Fsp3) is 0.0769. The van der Waals surface area contributed by atoms with Gasteiger partial charge >= 0.3 is 0 Å². The van der Waals surface area contributed by atoms with E-state index < -0.39 is 5.91 Å². The third kappa shape index (κ3) is 5.55. The van der Waals surface area contributed by atoms with Gasteiger partial charge in [0.15, 0.2) is 17.2 Å². The third-order valence-electron chi connectivity index (χ3n) is 5.54. The molecule has 3 N–H and O–H groups in total. The fourth-order valence-electron chi connectivity index (χ4n) is 3.64. The van der Waals surface area contributed by atoms with Crippen molar-refractivity contribution in [3.05, 3.63) is 94.6 Å². The number of ether oxygens (including phenoxy) is 2. The number of hydrogen-bond acceptors (Lipinski definition) is 10. The molecule has 5 aromatic rings. The van der Waals surface area contributed by atoms with E-state index in [0.717, 1.165) is 10.2 Å². The third-order valence-corrected chi connectivity index (χ3v) is 5.91. The number of nitrogens with zero attached hydrogens (tertiary/aromatic N) is 6. The Morgan fingerprint density at radius 2 is 1.90 bits per heavy atom. The zero-order valence-corrected chi connectivity index (χ0v) is 21.2. The number of nitrogen functional groups attached to an aromatic ring is 1. The first-order valence-corrected chi connectivity index (χ1v) is 11.9. The van der Waals surface area contributed by atoms with Crippen LogP contribution in [0.2, 0.25) is 5.02 Å². The summed E-state index contributed by atoms with van der Waals surface area (Å²) in [4.78, 5) is 13.2. The maximum Gasteiger partial charge on any atom is 0.292 e. The molecule has 1 amide bonds. The molecule has 2 aromatic heterocycles. The molecule has 5 rings (SSSR count). The summed E-state index contributed by atoms with van der Waals surface area (Å²) in [5.41, 5.74) is 10.8. The highest BCUT2D eigenvalue weighted by atomic mass is 35.5. The molecule has 12 nitrogen and oxygen atoms in total. The first-order chi connectivity index (χ1) is 19.0. The molecule has 0 atom stereocenters. The summed E-state index contributed by atoms with van der Waals surface area (Å²) in [6.45, 7) is 0.274. The van der Waals surface area contributed by atoms with Gasteiger partial charge in [0, 0.05) is 16.1 Å². The molecule has 13 heteroatoms. The van der Waals surface area contributed by atoms with Gasteiger partial charge in [0.25, 0.3) is 5.91 Å². The molecular formula is C26H21ClN8O4. The van der Waals surface area contributed by atoms with Crippen molar-refractivity contribution in [2.75, 3.05) is 12.8 Å². The average molecular weight is 545 g/mol. The summed E-state index contributed by atoms with van der Waals surface area (Å²) in [6, 6.07) is 21.7. The van der Waals surface area contributed by atoms with E-state index in [1.165, 1.54) is 13.3 Å². The molecule has 196 valence electrons. The fourth-order valence-corrected chi connectivity index (χ4v) is 3.83. The second-order valence-electron chi connectivity index (χ2n) is 8.03. The van der Waals surface area contributed by atoms with Gasteiger partial charge < -0.3 is 15.2 Å². The number of hydrazone groups is 1. The number of rotatable bonds is 9. The highest BCUT2D eigenvalue weighted by Crippen LogP contribution is 2.29. The molecule has 0 aliphatic heterocycles. The Morgan fingerprint density at radius 1 is 1.10 bits per heavy atom. The number of amides is 1. The zero-order valence-electron chi connectivity index (χ0n) is 20.5. The van der Waals surface area contributed by atoms with Crippen molar-refractivity contribution >= 4 is 29.5 Å². The van der Waals surface area contributed by atoms with Crippen LogP contribution in [0.3, 0.4) is 0 Å². The van der Waals surface area contributed by atoms with Crippen LogP contribution in [0.25, 0.3) is 17.1 Å². The predicted octanol–water partition coefficient (Wildman–Crippen LogP) is 3.90. The molecular weight excluding hydrogens is 524 g/mol. The van der Waals surface area contributed by atoms with Gasteiger partial charge in [0.1, 0.15) is 12.3 Å². The second kappa shape index (κ2) is 11.4. The van der Waals surface area contributed by atoms with Crippen LogP contribution in [0.4, 0.5) is 5.82 Å². The Hall–Kier alpha value is -5.23. The van der Waals surface area contributed by atoms with Gasteiger partial charge in [-0.1, -0.05) is 65.3 Å². The van der Waals surface area contributed by atoms with Crippen molar-refractivity contribution in [2.24, 2.45) is 5.10 Å². The highest BCUT2D eigenvalue weighted by Gasteiger charge is 2.25. The molecule has 0 saturated heterocycles. The maximum atomic E-state index is 13.2. The van der Waals surface area contributed by atoms with Crippen LogP contribution in [0.15, 0.2) is 82.5 Å². The lowest BCUT2D eigenvalue weighted by Crippen LogP contribution is -2.22. The number of nitrogens with two attached hydrogens (primary N) is 1. The number of methoxy groups -OCH3 is 1. The van der Waals surface area contributed by atoms with E-state index in [-0.39, 0.29) is 23.9 Å². The Morgan fingerprint density at radius 3 is 2.64 bits per heavy atom. The Labute approximate surface area is 226 Å². The molecule has 39 heavy (non-hydrogen) atoms. The molecule has 0 unspecified atom stereocenters. The van der Waals surface area contributed by atoms with Crippen LogP contribution in [0, 0.1) is 0 Å². The predicted molar refractivity (Wildman–Crippen MR) is 143 cm³/mol. The summed E-state index contributed by atoms with van der Waals surface area (Å²) >= 11 is 6.21. The van der Waals surface area contributed by atoms with E-state index in [9.17, 15) is 4.79 Å².